The molecule has 144 valence electrons. The maximum absolute atomic E-state index is 12.9. The number of urea groups is 1. The minimum atomic E-state index is -0.577. The van der Waals surface area contributed by atoms with Crippen molar-refractivity contribution in [2.45, 2.75) is 12.5 Å². The number of amides is 4. The van der Waals surface area contributed by atoms with E-state index >= 15 is 0 Å². The summed E-state index contributed by atoms with van der Waals surface area (Å²) < 4.78 is 10.7. The molecule has 2 aliphatic heterocycles. The van der Waals surface area contributed by atoms with Crippen LogP contribution in [0.2, 0.25) is 0 Å². The van der Waals surface area contributed by atoms with Gasteiger partial charge in [-0.15, -0.1) is 0 Å². The van der Waals surface area contributed by atoms with Crippen LogP contribution in [0, 0.1) is 0 Å². The Hall–Kier alpha value is -3.62. The molecule has 2 aliphatic rings. The highest BCUT2D eigenvalue weighted by atomic mass is 16.5. The number of furan rings is 1. The summed E-state index contributed by atoms with van der Waals surface area (Å²) in [7, 11) is 1.59. The van der Waals surface area contributed by atoms with Gasteiger partial charge in [-0.25, -0.2) is 9.80 Å². The van der Waals surface area contributed by atoms with Crippen LogP contribution in [0.5, 0.6) is 5.75 Å². The van der Waals surface area contributed by atoms with E-state index in [2.05, 4.69) is 10.4 Å². The minimum absolute atomic E-state index is 0.103. The second-order valence-corrected chi connectivity index (χ2v) is 6.39. The molecule has 3 heterocycles. The quantitative estimate of drug-likeness (QED) is 0.790. The number of nitrogens with zero attached hydrogens (tertiary/aromatic N) is 3. The highest BCUT2D eigenvalue weighted by Crippen LogP contribution is 2.33. The molecule has 0 saturated carbocycles. The Kier molecular flexibility index (Phi) is 4.56. The lowest BCUT2D eigenvalue weighted by atomic mass is 10.0. The van der Waals surface area contributed by atoms with E-state index in [0.717, 1.165) is 16.2 Å². The van der Waals surface area contributed by atoms with Gasteiger partial charge in [0.15, 0.2) is 0 Å². The topological polar surface area (TPSA) is 104 Å². The first kappa shape index (κ1) is 17.8. The molecule has 9 heteroatoms. The maximum atomic E-state index is 12.9. The molecule has 1 atom stereocenters. The number of benzene rings is 1. The number of carbonyl (C=O) groups is 3. The largest absolute Gasteiger partial charge is 0.497 e. The van der Waals surface area contributed by atoms with Crippen LogP contribution in [0.3, 0.4) is 0 Å². The molecule has 0 radical (unpaired) electrons. The van der Waals surface area contributed by atoms with E-state index in [1.54, 1.807) is 19.2 Å². The van der Waals surface area contributed by atoms with Crippen LogP contribution in [0.25, 0.3) is 0 Å². The molecule has 4 rings (SSSR count). The minimum Gasteiger partial charge on any atom is -0.497 e. The van der Waals surface area contributed by atoms with Crippen LogP contribution < -0.4 is 10.1 Å². The number of hydrogen-bond donors (Lipinski definition) is 1. The zero-order valence-corrected chi connectivity index (χ0v) is 15.1. The van der Waals surface area contributed by atoms with Crippen molar-refractivity contribution in [3.63, 3.8) is 0 Å². The Morgan fingerprint density at radius 2 is 2.07 bits per heavy atom. The van der Waals surface area contributed by atoms with E-state index in [-0.39, 0.29) is 13.1 Å². The van der Waals surface area contributed by atoms with Gasteiger partial charge in [-0.05, 0) is 42.0 Å². The fourth-order valence-electron chi connectivity index (χ4n) is 3.22. The molecule has 2 aromatic rings. The smallest absolute Gasteiger partial charge is 0.325 e. The fourth-order valence-corrected chi connectivity index (χ4v) is 3.22. The highest BCUT2D eigenvalue weighted by Gasteiger charge is 2.38. The van der Waals surface area contributed by atoms with Gasteiger partial charge in [-0.1, -0.05) is 0 Å². The molecule has 0 aliphatic carbocycles. The van der Waals surface area contributed by atoms with Crippen molar-refractivity contribution in [1.29, 1.82) is 0 Å². The highest BCUT2D eigenvalue weighted by molar-refractivity contribution is 6.06. The first-order valence-electron chi connectivity index (χ1n) is 8.72. The molecule has 1 aromatic heterocycles. The molecule has 1 saturated heterocycles. The first-order valence-corrected chi connectivity index (χ1v) is 8.72. The van der Waals surface area contributed by atoms with Crippen LogP contribution in [-0.2, 0) is 9.59 Å². The van der Waals surface area contributed by atoms with Crippen LogP contribution in [0.1, 0.15) is 23.8 Å². The second-order valence-electron chi connectivity index (χ2n) is 6.39. The normalized spacial score (nSPS) is 19.0. The van der Waals surface area contributed by atoms with Crippen LogP contribution in [0.4, 0.5) is 4.79 Å². The van der Waals surface area contributed by atoms with E-state index < -0.39 is 23.9 Å². The third-order valence-corrected chi connectivity index (χ3v) is 4.69. The average Bonchev–Trinajstić information content (AvgIpc) is 3.44. The molecule has 0 spiro atoms. The van der Waals surface area contributed by atoms with Gasteiger partial charge in [0.2, 0.25) is 0 Å². The summed E-state index contributed by atoms with van der Waals surface area (Å²) in [4.78, 5) is 37.3. The molecule has 1 N–H and O–H groups in total. The third kappa shape index (κ3) is 3.22. The Balaban J connectivity index is 1.60. The average molecular weight is 382 g/mol. The lowest BCUT2D eigenvalue weighted by Crippen LogP contribution is -2.41. The molecule has 4 amide bonds. The number of rotatable bonds is 5. The maximum Gasteiger partial charge on any atom is 0.325 e. The standard InChI is InChI=1S/C19H18N4O5/c1-27-13-6-4-12(5-7-13)14-9-15(16-3-2-8-28-16)23(21-14)18(25)11-22-17(24)10-20-19(22)26/h2-8,15H,9-11H2,1H3,(H,20,26)/t15-/m1/s1. The zero-order chi connectivity index (χ0) is 19.7. The number of carbonyl (C=O) groups excluding carboxylic acids is 3. The van der Waals surface area contributed by atoms with Crippen molar-refractivity contribution in [2.75, 3.05) is 20.2 Å². The van der Waals surface area contributed by atoms with Gasteiger partial charge in [0.05, 0.1) is 25.6 Å². The van der Waals surface area contributed by atoms with E-state index in [0.29, 0.717) is 17.9 Å². The molecule has 1 aromatic carbocycles. The van der Waals surface area contributed by atoms with E-state index in [1.165, 1.54) is 11.3 Å². The molecular weight excluding hydrogens is 364 g/mol. The summed E-state index contributed by atoms with van der Waals surface area (Å²) in [5.74, 6) is 0.399. The third-order valence-electron chi connectivity index (χ3n) is 4.69. The lowest BCUT2D eigenvalue weighted by Gasteiger charge is -2.21. The fraction of sp³-hybridized carbons (Fsp3) is 0.263. The van der Waals surface area contributed by atoms with Crippen molar-refractivity contribution in [2.24, 2.45) is 5.10 Å². The number of nitrogens with one attached hydrogen (secondary N) is 1. The van der Waals surface area contributed by atoms with Crippen LogP contribution >= 0.6 is 0 Å². The van der Waals surface area contributed by atoms with Crippen molar-refractivity contribution < 1.29 is 23.5 Å². The van der Waals surface area contributed by atoms with E-state index in [9.17, 15) is 14.4 Å². The number of methoxy groups -OCH3 is 1. The molecule has 9 nitrogen and oxygen atoms in total. The van der Waals surface area contributed by atoms with E-state index in [1.807, 2.05) is 24.3 Å². The Morgan fingerprint density at radius 3 is 2.68 bits per heavy atom. The number of hydrazone groups is 1. The van der Waals surface area contributed by atoms with E-state index in [4.69, 9.17) is 9.15 Å². The van der Waals surface area contributed by atoms with Gasteiger partial charge in [0.25, 0.3) is 11.8 Å². The van der Waals surface area contributed by atoms with Gasteiger partial charge in [0, 0.05) is 6.42 Å². The van der Waals surface area contributed by atoms with Crippen molar-refractivity contribution >= 4 is 23.6 Å². The van der Waals surface area contributed by atoms with Crippen molar-refractivity contribution in [1.82, 2.24) is 15.2 Å². The summed E-state index contributed by atoms with van der Waals surface area (Å²) in [5.41, 5.74) is 1.55. The Labute approximate surface area is 160 Å². The van der Waals surface area contributed by atoms with Gasteiger partial charge in [-0.3, -0.25) is 14.5 Å². The summed E-state index contributed by atoms with van der Waals surface area (Å²) in [5, 5.41) is 8.16. The monoisotopic (exact) mass is 382 g/mol. The van der Waals surface area contributed by atoms with Gasteiger partial charge in [0.1, 0.15) is 24.1 Å². The van der Waals surface area contributed by atoms with Gasteiger partial charge < -0.3 is 14.5 Å². The number of imide groups is 1. The predicted octanol–water partition coefficient (Wildman–Crippen LogP) is 1.52. The Bertz CT molecular complexity index is 920. The summed E-state index contributed by atoms with van der Waals surface area (Å²) >= 11 is 0. The number of hydrogen-bond acceptors (Lipinski definition) is 6. The van der Waals surface area contributed by atoms with Crippen LogP contribution in [-0.4, -0.2) is 53.7 Å². The molecular formula is C19H18N4O5. The number of ether oxygens (including phenoxy) is 1. The van der Waals surface area contributed by atoms with Crippen molar-refractivity contribution in [3.8, 4) is 5.75 Å². The molecule has 1 fully saturated rings. The summed E-state index contributed by atoms with van der Waals surface area (Å²) in [6.45, 7) is -0.477. The SMILES string of the molecule is COc1ccc(C2=NN(C(=O)CN3C(=O)CNC3=O)[C@@H](c3ccco3)C2)cc1. The molecule has 28 heavy (non-hydrogen) atoms. The lowest BCUT2D eigenvalue weighted by molar-refractivity contribution is -0.138. The zero-order valence-electron chi connectivity index (χ0n) is 15.1. The summed E-state index contributed by atoms with van der Waals surface area (Å²) in [6, 6.07) is 9.85. The first-order chi connectivity index (χ1) is 13.6. The Morgan fingerprint density at radius 1 is 1.29 bits per heavy atom. The molecule has 0 bridgehead atoms. The van der Waals surface area contributed by atoms with Crippen molar-refractivity contribution in [3.05, 3.63) is 54.0 Å². The van der Waals surface area contributed by atoms with Gasteiger partial charge in [-0.2, -0.15) is 5.10 Å². The van der Waals surface area contributed by atoms with Crippen LogP contribution in [0.15, 0.2) is 52.2 Å². The second kappa shape index (κ2) is 7.18. The summed E-state index contributed by atoms with van der Waals surface area (Å²) in [6.07, 6.45) is 1.98. The van der Waals surface area contributed by atoms with Gasteiger partial charge >= 0.3 is 6.03 Å². The molecule has 0 unspecified atom stereocenters. The predicted molar refractivity (Wildman–Crippen MR) is 97.6 cm³/mol.